The highest BCUT2D eigenvalue weighted by Gasteiger charge is 2.13. The Bertz CT molecular complexity index is 1250. The number of rotatable bonds is 6. The number of hydrogen-bond donors (Lipinski definition) is 1. The highest BCUT2D eigenvalue weighted by molar-refractivity contribution is 6.30. The Morgan fingerprint density at radius 3 is 2.57 bits per heavy atom. The highest BCUT2D eigenvalue weighted by atomic mass is 35.5. The number of fused-ring (bicyclic) bond motifs is 1. The molecule has 152 valence electrons. The summed E-state index contributed by atoms with van der Waals surface area (Å²) in [6.07, 6.45) is 2.79. The molecule has 0 aliphatic carbocycles. The third kappa shape index (κ3) is 4.04. The van der Waals surface area contributed by atoms with Gasteiger partial charge in [0.05, 0.1) is 18.5 Å². The zero-order valence-corrected chi connectivity index (χ0v) is 16.8. The molecule has 0 fully saturated rings. The van der Waals surface area contributed by atoms with Gasteiger partial charge in [-0.1, -0.05) is 11.6 Å². The topological polar surface area (TPSA) is 91.0 Å². The van der Waals surface area contributed by atoms with Crippen molar-refractivity contribution in [2.45, 2.75) is 13.5 Å². The number of carbonyl (C=O) groups excluding carboxylic acids is 1. The molecule has 2 aromatic heterocycles. The van der Waals surface area contributed by atoms with E-state index in [2.05, 4.69) is 15.4 Å². The lowest BCUT2D eigenvalue weighted by molar-refractivity contribution is -0.116. The van der Waals surface area contributed by atoms with E-state index in [0.717, 1.165) is 11.4 Å². The van der Waals surface area contributed by atoms with Gasteiger partial charge in [-0.3, -0.25) is 14.2 Å². The molecule has 9 heteroatoms. The van der Waals surface area contributed by atoms with Crippen LogP contribution in [0.15, 0.2) is 65.8 Å². The lowest BCUT2D eigenvalue weighted by Crippen LogP contribution is -2.27. The van der Waals surface area contributed by atoms with Crippen molar-refractivity contribution in [1.29, 1.82) is 0 Å². The molecule has 1 N–H and O–H groups in total. The molecule has 0 unspecified atom stereocenters. The number of ether oxygens (including phenoxy) is 1. The number of hydrogen-bond acceptors (Lipinski definition) is 5. The SMILES string of the molecule is CCOc1ccc(NC(=O)Cn2cnc3c(cnn3-c3ccc(Cl)cc3)c2=O)cc1. The van der Waals surface area contributed by atoms with Crippen LogP contribution in [0.3, 0.4) is 0 Å². The molecular weight excluding hydrogens is 406 g/mol. The van der Waals surface area contributed by atoms with Gasteiger partial charge in [0, 0.05) is 10.7 Å². The van der Waals surface area contributed by atoms with Crippen molar-refractivity contribution in [3.8, 4) is 11.4 Å². The van der Waals surface area contributed by atoms with Gasteiger partial charge in [-0.15, -0.1) is 0 Å². The van der Waals surface area contributed by atoms with E-state index in [9.17, 15) is 9.59 Å². The van der Waals surface area contributed by atoms with Crippen molar-refractivity contribution in [3.05, 3.63) is 76.4 Å². The molecule has 0 spiro atoms. The normalized spacial score (nSPS) is 10.9. The first-order chi connectivity index (χ1) is 14.5. The summed E-state index contributed by atoms with van der Waals surface area (Å²) in [4.78, 5) is 29.5. The summed E-state index contributed by atoms with van der Waals surface area (Å²) in [6, 6.07) is 14.0. The lowest BCUT2D eigenvalue weighted by atomic mass is 10.3. The van der Waals surface area contributed by atoms with Crippen molar-refractivity contribution < 1.29 is 9.53 Å². The maximum atomic E-state index is 12.8. The minimum Gasteiger partial charge on any atom is -0.494 e. The van der Waals surface area contributed by atoms with E-state index in [-0.39, 0.29) is 18.0 Å². The fourth-order valence-electron chi connectivity index (χ4n) is 2.99. The summed E-state index contributed by atoms with van der Waals surface area (Å²) in [5, 5.41) is 7.93. The van der Waals surface area contributed by atoms with E-state index >= 15 is 0 Å². The lowest BCUT2D eigenvalue weighted by Gasteiger charge is -2.09. The molecule has 2 heterocycles. The molecule has 0 aliphatic heterocycles. The molecule has 0 atom stereocenters. The fraction of sp³-hybridized carbons (Fsp3) is 0.143. The standard InChI is InChI=1S/C21H18ClN5O3/c1-2-30-17-9-5-15(6-10-17)25-19(28)12-26-13-23-20-18(21(26)29)11-24-27(20)16-7-3-14(22)4-8-16/h3-11,13H,2,12H2,1H3,(H,25,28). The summed E-state index contributed by atoms with van der Waals surface area (Å²) in [7, 11) is 0. The van der Waals surface area contributed by atoms with Gasteiger partial charge in [0.15, 0.2) is 5.65 Å². The number of nitrogens with zero attached hydrogens (tertiary/aromatic N) is 4. The van der Waals surface area contributed by atoms with Crippen LogP contribution in [0, 0.1) is 0 Å². The third-order valence-corrected chi connectivity index (χ3v) is 4.64. The Hall–Kier alpha value is -3.65. The summed E-state index contributed by atoms with van der Waals surface area (Å²) in [5.74, 6) is 0.381. The molecule has 0 bridgehead atoms. The summed E-state index contributed by atoms with van der Waals surface area (Å²) >= 11 is 5.92. The first kappa shape index (κ1) is 19.7. The monoisotopic (exact) mass is 423 g/mol. The summed E-state index contributed by atoms with van der Waals surface area (Å²) in [6.45, 7) is 2.30. The predicted octanol–water partition coefficient (Wildman–Crippen LogP) is 3.27. The van der Waals surface area contributed by atoms with Crippen LogP contribution < -0.4 is 15.6 Å². The van der Waals surface area contributed by atoms with Gasteiger partial charge in [0.25, 0.3) is 5.56 Å². The van der Waals surface area contributed by atoms with Crippen LogP contribution in [0.2, 0.25) is 5.02 Å². The van der Waals surface area contributed by atoms with Crippen molar-refractivity contribution in [3.63, 3.8) is 0 Å². The largest absolute Gasteiger partial charge is 0.494 e. The molecule has 1 amide bonds. The second-order valence-corrected chi connectivity index (χ2v) is 6.89. The number of anilines is 1. The van der Waals surface area contributed by atoms with Crippen LogP contribution in [0.25, 0.3) is 16.7 Å². The highest BCUT2D eigenvalue weighted by Crippen LogP contribution is 2.17. The second-order valence-electron chi connectivity index (χ2n) is 6.45. The Morgan fingerprint density at radius 1 is 1.13 bits per heavy atom. The Labute approximate surface area is 176 Å². The average molecular weight is 424 g/mol. The van der Waals surface area contributed by atoms with Crippen LogP contribution in [-0.2, 0) is 11.3 Å². The van der Waals surface area contributed by atoms with E-state index in [4.69, 9.17) is 16.3 Å². The van der Waals surface area contributed by atoms with Gasteiger partial charge in [0.2, 0.25) is 5.91 Å². The number of aromatic nitrogens is 4. The van der Waals surface area contributed by atoms with E-state index in [1.54, 1.807) is 53.2 Å². The predicted molar refractivity (Wildman–Crippen MR) is 114 cm³/mol. The second kappa shape index (κ2) is 8.38. The van der Waals surface area contributed by atoms with E-state index < -0.39 is 0 Å². The molecule has 0 radical (unpaired) electrons. The number of halogens is 1. The van der Waals surface area contributed by atoms with Crippen molar-refractivity contribution in [2.24, 2.45) is 0 Å². The van der Waals surface area contributed by atoms with Crippen LogP contribution in [0.1, 0.15) is 6.92 Å². The number of benzene rings is 2. The Kier molecular flexibility index (Phi) is 5.49. The van der Waals surface area contributed by atoms with Crippen LogP contribution in [0.4, 0.5) is 5.69 Å². The minimum atomic E-state index is -0.345. The zero-order chi connectivity index (χ0) is 21.1. The Balaban J connectivity index is 1.53. The number of amides is 1. The number of carbonyl (C=O) groups is 1. The smallest absolute Gasteiger partial charge is 0.264 e. The number of nitrogens with one attached hydrogen (secondary N) is 1. The van der Waals surface area contributed by atoms with Gasteiger partial charge >= 0.3 is 0 Å². The molecule has 4 rings (SSSR count). The van der Waals surface area contributed by atoms with Crippen molar-refractivity contribution >= 4 is 34.2 Å². The quantitative estimate of drug-likeness (QED) is 0.514. The average Bonchev–Trinajstić information content (AvgIpc) is 3.17. The maximum Gasteiger partial charge on any atom is 0.264 e. The van der Waals surface area contributed by atoms with Crippen molar-refractivity contribution in [1.82, 2.24) is 19.3 Å². The van der Waals surface area contributed by atoms with Gasteiger partial charge in [-0.2, -0.15) is 5.10 Å². The summed E-state index contributed by atoms with van der Waals surface area (Å²) in [5.41, 5.74) is 1.40. The first-order valence-corrected chi connectivity index (χ1v) is 9.65. The fourth-order valence-corrected chi connectivity index (χ4v) is 3.11. The zero-order valence-electron chi connectivity index (χ0n) is 16.1. The van der Waals surface area contributed by atoms with Gasteiger partial charge in [-0.05, 0) is 55.5 Å². The molecule has 0 saturated carbocycles. The van der Waals surface area contributed by atoms with Gasteiger partial charge in [-0.25, -0.2) is 9.67 Å². The molecule has 30 heavy (non-hydrogen) atoms. The first-order valence-electron chi connectivity index (χ1n) is 9.27. The minimum absolute atomic E-state index is 0.166. The van der Waals surface area contributed by atoms with Gasteiger partial charge in [0.1, 0.15) is 24.0 Å². The van der Waals surface area contributed by atoms with E-state index in [0.29, 0.717) is 28.4 Å². The maximum absolute atomic E-state index is 12.8. The third-order valence-electron chi connectivity index (χ3n) is 4.39. The molecular formula is C21H18ClN5O3. The molecule has 0 aliphatic rings. The van der Waals surface area contributed by atoms with E-state index in [1.165, 1.54) is 17.1 Å². The Morgan fingerprint density at radius 2 is 1.87 bits per heavy atom. The van der Waals surface area contributed by atoms with Crippen LogP contribution in [0.5, 0.6) is 5.75 Å². The van der Waals surface area contributed by atoms with E-state index in [1.807, 2.05) is 6.92 Å². The molecule has 8 nitrogen and oxygen atoms in total. The van der Waals surface area contributed by atoms with Crippen LogP contribution >= 0.6 is 11.6 Å². The van der Waals surface area contributed by atoms with Crippen LogP contribution in [-0.4, -0.2) is 31.8 Å². The molecule has 2 aromatic carbocycles. The van der Waals surface area contributed by atoms with Gasteiger partial charge < -0.3 is 10.1 Å². The summed E-state index contributed by atoms with van der Waals surface area (Å²) < 4.78 is 8.18. The molecule has 0 saturated heterocycles. The molecule has 4 aromatic rings. The van der Waals surface area contributed by atoms with Crippen molar-refractivity contribution in [2.75, 3.05) is 11.9 Å².